The van der Waals surface area contributed by atoms with E-state index in [9.17, 15) is 14.7 Å². The maximum Gasteiger partial charge on any atom is 0.336 e. The molecule has 0 radical (unpaired) electrons. The predicted molar refractivity (Wildman–Crippen MR) is 148 cm³/mol. The van der Waals surface area contributed by atoms with Gasteiger partial charge in [0, 0.05) is 17.3 Å². The summed E-state index contributed by atoms with van der Waals surface area (Å²) in [4.78, 5) is 37.8. The number of benzene rings is 3. The number of nitrogens with one attached hydrogen (secondary N) is 2. The number of pyridine rings is 1. The predicted octanol–water partition coefficient (Wildman–Crippen LogP) is 6.57. The number of carbonyl (C=O) groups is 2. The van der Waals surface area contributed by atoms with Gasteiger partial charge in [0.2, 0.25) is 0 Å². The van der Waals surface area contributed by atoms with Crippen molar-refractivity contribution in [3.05, 3.63) is 107 Å². The average Bonchev–Trinajstić information content (AvgIpc) is 3.37. The lowest BCUT2D eigenvalue weighted by molar-refractivity contribution is 0.0697. The van der Waals surface area contributed by atoms with E-state index in [0.717, 1.165) is 46.1 Å². The van der Waals surface area contributed by atoms with Crippen molar-refractivity contribution >= 4 is 22.9 Å². The average molecular weight is 505 g/mol. The highest BCUT2D eigenvalue weighted by Gasteiger charge is 2.21. The first-order valence-electron chi connectivity index (χ1n) is 12.6. The van der Waals surface area contributed by atoms with Crippen LogP contribution in [0.2, 0.25) is 0 Å². The zero-order chi connectivity index (χ0) is 26.6. The number of hydrogen-bond donors (Lipinski definition) is 3. The molecule has 38 heavy (non-hydrogen) atoms. The summed E-state index contributed by atoms with van der Waals surface area (Å²) in [6.07, 6.45) is 5.06. The van der Waals surface area contributed by atoms with Gasteiger partial charge in [-0.05, 0) is 48.2 Å². The first kappa shape index (κ1) is 24.9. The van der Waals surface area contributed by atoms with Crippen LogP contribution in [0.25, 0.3) is 33.5 Å². The van der Waals surface area contributed by atoms with Gasteiger partial charge in [0.1, 0.15) is 5.82 Å². The van der Waals surface area contributed by atoms with Gasteiger partial charge in [-0.15, -0.1) is 0 Å². The lowest BCUT2D eigenvalue weighted by Gasteiger charge is -2.19. The van der Waals surface area contributed by atoms with Gasteiger partial charge in [-0.2, -0.15) is 0 Å². The van der Waals surface area contributed by atoms with Crippen LogP contribution < -0.4 is 5.32 Å². The normalized spacial score (nSPS) is 11.8. The number of nitrogens with zero attached hydrogens (tertiary/aromatic N) is 2. The number of aromatic amines is 1. The summed E-state index contributed by atoms with van der Waals surface area (Å²) < 4.78 is 0. The molecule has 0 aliphatic rings. The minimum Gasteiger partial charge on any atom is -0.478 e. The Bertz CT molecular complexity index is 1590. The Balaban J connectivity index is 1.54. The highest BCUT2D eigenvalue weighted by Crippen LogP contribution is 2.35. The van der Waals surface area contributed by atoms with Gasteiger partial charge >= 0.3 is 5.97 Å². The van der Waals surface area contributed by atoms with Crippen molar-refractivity contribution in [1.29, 1.82) is 0 Å². The second-order valence-electron chi connectivity index (χ2n) is 9.32. The molecule has 0 spiro atoms. The summed E-state index contributed by atoms with van der Waals surface area (Å²) in [5.74, 6) is -0.800. The van der Waals surface area contributed by atoms with E-state index >= 15 is 0 Å². The number of amides is 1. The molecular weight excluding hydrogens is 476 g/mol. The van der Waals surface area contributed by atoms with Crippen molar-refractivity contribution in [2.24, 2.45) is 0 Å². The molecule has 0 bridgehead atoms. The number of aryl methyl sites for hydroxylation is 1. The summed E-state index contributed by atoms with van der Waals surface area (Å²) in [6, 6.07) is 22.1. The van der Waals surface area contributed by atoms with E-state index in [1.165, 1.54) is 6.07 Å². The van der Waals surface area contributed by atoms with E-state index in [2.05, 4.69) is 22.2 Å². The van der Waals surface area contributed by atoms with Crippen LogP contribution in [0, 0.1) is 6.92 Å². The van der Waals surface area contributed by atoms with Crippen LogP contribution in [0.5, 0.6) is 0 Å². The van der Waals surface area contributed by atoms with Crippen LogP contribution >= 0.6 is 0 Å². The summed E-state index contributed by atoms with van der Waals surface area (Å²) >= 11 is 0. The van der Waals surface area contributed by atoms with Crippen molar-refractivity contribution < 1.29 is 14.7 Å². The Morgan fingerprint density at radius 2 is 1.76 bits per heavy atom. The number of carbonyl (C=O) groups excluding carboxylic acids is 1. The maximum atomic E-state index is 13.2. The van der Waals surface area contributed by atoms with Crippen molar-refractivity contribution in [2.45, 2.75) is 32.7 Å². The molecule has 190 valence electrons. The topological polar surface area (TPSA) is 108 Å². The molecule has 0 aliphatic heterocycles. The van der Waals surface area contributed by atoms with Gasteiger partial charge in [-0.1, -0.05) is 73.5 Å². The summed E-state index contributed by atoms with van der Waals surface area (Å²) in [5.41, 5.74) is 5.90. The molecule has 0 aliphatic carbocycles. The molecule has 3 aromatic carbocycles. The number of aromatic nitrogens is 3. The molecule has 0 unspecified atom stereocenters. The number of carboxylic acid groups (broad SMARTS) is 1. The van der Waals surface area contributed by atoms with Crippen LogP contribution in [0.3, 0.4) is 0 Å². The molecule has 0 saturated heterocycles. The number of rotatable bonds is 8. The molecule has 2 heterocycles. The Kier molecular flexibility index (Phi) is 7.00. The van der Waals surface area contributed by atoms with E-state index in [-0.39, 0.29) is 17.5 Å². The molecule has 0 fully saturated rings. The Morgan fingerprint density at radius 3 is 2.50 bits per heavy atom. The lowest BCUT2D eigenvalue weighted by Crippen LogP contribution is -2.28. The molecule has 1 amide bonds. The lowest BCUT2D eigenvalue weighted by atomic mass is 9.92. The molecule has 2 aromatic heterocycles. The maximum absolute atomic E-state index is 13.2. The highest BCUT2D eigenvalue weighted by atomic mass is 16.4. The minimum absolute atomic E-state index is 0.0500. The van der Waals surface area contributed by atoms with E-state index in [4.69, 9.17) is 4.98 Å². The molecule has 0 saturated carbocycles. The van der Waals surface area contributed by atoms with Gasteiger partial charge in [0.25, 0.3) is 5.91 Å². The van der Waals surface area contributed by atoms with Gasteiger partial charge in [0.05, 0.1) is 28.8 Å². The third-order valence-electron chi connectivity index (χ3n) is 6.60. The van der Waals surface area contributed by atoms with Crippen LogP contribution in [-0.2, 0) is 0 Å². The van der Waals surface area contributed by atoms with E-state index < -0.39 is 5.97 Å². The minimum atomic E-state index is -1.11. The van der Waals surface area contributed by atoms with E-state index in [1.807, 2.05) is 61.5 Å². The molecule has 1 atom stereocenters. The zero-order valence-corrected chi connectivity index (χ0v) is 21.2. The summed E-state index contributed by atoms with van der Waals surface area (Å²) in [7, 11) is 0. The van der Waals surface area contributed by atoms with Gasteiger partial charge in [0.15, 0.2) is 0 Å². The standard InChI is InChI=1S/C31H28N4O3/c1-3-7-26(20-8-5-4-6-9-20)35-30(36)21-11-13-22(25(17-21)31(37)38)24-16-19(2)10-12-23(24)29-33-27-14-15-32-18-28(27)34-29/h4-6,8-18,26H,3,7H2,1-2H3,(H,33,34)(H,35,36)(H,37,38)/t26-/m1/s1. The number of imidazole rings is 1. The first-order valence-corrected chi connectivity index (χ1v) is 12.6. The molecule has 5 aromatic rings. The van der Waals surface area contributed by atoms with Crippen LogP contribution in [0.15, 0.2) is 85.2 Å². The van der Waals surface area contributed by atoms with Crippen molar-refractivity contribution in [3.8, 4) is 22.5 Å². The fraction of sp³-hybridized carbons (Fsp3) is 0.161. The zero-order valence-electron chi connectivity index (χ0n) is 21.2. The highest BCUT2D eigenvalue weighted by molar-refractivity contribution is 6.03. The van der Waals surface area contributed by atoms with Crippen LogP contribution in [-0.4, -0.2) is 31.9 Å². The molecule has 5 rings (SSSR count). The van der Waals surface area contributed by atoms with E-state index in [1.54, 1.807) is 24.5 Å². The van der Waals surface area contributed by atoms with Gasteiger partial charge < -0.3 is 15.4 Å². The number of hydrogen-bond acceptors (Lipinski definition) is 4. The van der Waals surface area contributed by atoms with Crippen LogP contribution in [0.4, 0.5) is 0 Å². The number of H-pyrrole nitrogens is 1. The number of fused-ring (bicyclic) bond motifs is 1. The van der Waals surface area contributed by atoms with Crippen molar-refractivity contribution in [2.75, 3.05) is 0 Å². The third kappa shape index (κ3) is 5.04. The third-order valence-corrected chi connectivity index (χ3v) is 6.60. The Labute approximate surface area is 220 Å². The Morgan fingerprint density at radius 1 is 0.974 bits per heavy atom. The fourth-order valence-corrected chi connectivity index (χ4v) is 4.71. The summed E-state index contributed by atoms with van der Waals surface area (Å²) in [6.45, 7) is 4.02. The Hall–Kier alpha value is -4.78. The van der Waals surface area contributed by atoms with Crippen molar-refractivity contribution in [3.63, 3.8) is 0 Å². The largest absolute Gasteiger partial charge is 0.478 e. The molecular formula is C31H28N4O3. The monoisotopic (exact) mass is 504 g/mol. The van der Waals surface area contributed by atoms with Crippen molar-refractivity contribution in [1.82, 2.24) is 20.3 Å². The summed E-state index contributed by atoms with van der Waals surface area (Å²) in [5, 5.41) is 13.2. The fourth-order valence-electron chi connectivity index (χ4n) is 4.71. The smallest absolute Gasteiger partial charge is 0.336 e. The van der Waals surface area contributed by atoms with Crippen LogP contribution in [0.1, 0.15) is 57.7 Å². The van der Waals surface area contributed by atoms with Gasteiger partial charge in [-0.25, -0.2) is 9.78 Å². The SMILES string of the molecule is CCC[C@@H](NC(=O)c1ccc(-c2cc(C)ccc2-c2nc3ccncc3[nH]2)c(C(=O)O)c1)c1ccccc1. The molecule has 7 nitrogen and oxygen atoms in total. The quantitative estimate of drug-likeness (QED) is 0.221. The number of aromatic carboxylic acids is 1. The second kappa shape index (κ2) is 10.7. The second-order valence-corrected chi connectivity index (χ2v) is 9.32. The molecule has 7 heteroatoms. The molecule has 3 N–H and O–H groups in total. The first-order chi connectivity index (χ1) is 18.4. The number of carboxylic acids is 1. The van der Waals surface area contributed by atoms with E-state index in [0.29, 0.717) is 17.0 Å². The van der Waals surface area contributed by atoms with Gasteiger partial charge in [-0.3, -0.25) is 9.78 Å².